The molecule has 3 N–H and O–H groups in total. The van der Waals surface area contributed by atoms with Gasteiger partial charge in [-0.25, -0.2) is 0 Å². The fourth-order valence-corrected chi connectivity index (χ4v) is 3.85. The zero-order valence-electron chi connectivity index (χ0n) is 10.9. The number of nitrogens with two attached hydrogens (primary N) is 1. The molecular formula is C14H22N2OS. The van der Waals surface area contributed by atoms with Gasteiger partial charge >= 0.3 is 0 Å². The Balaban J connectivity index is 2.12. The van der Waals surface area contributed by atoms with E-state index in [1.807, 2.05) is 30.8 Å². The van der Waals surface area contributed by atoms with E-state index in [1.165, 1.54) is 30.6 Å². The molecule has 0 amide bonds. The second-order valence-electron chi connectivity index (χ2n) is 4.55. The molecule has 1 aliphatic rings. The lowest BCUT2D eigenvalue weighted by molar-refractivity contribution is 0.339. The molecule has 0 spiro atoms. The van der Waals surface area contributed by atoms with Crippen LogP contribution in [0.15, 0.2) is 24.3 Å². The van der Waals surface area contributed by atoms with Crippen molar-refractivity contribution in [2.75, 3.05) is 12.4 Å². The average Bonchev–Trinajstić information content (AvgIpc) is 2.42. The van der Waals surface area contributed by atoms with Gasteiger partial charge in [-0.3, -0.25) is 11.3 Å². The molecule has 3 nitrogen and oxygen atoms in total. The Labute approximate surface area is 113 Å². The average molecular weight is 266 g/mol. The molecule has 0 aliphatic carbocycles. The number of ether oxygens (including phenoxy) is 1. The van der Waals surface area contributed by atoms with Crippen LogP contribution in [0.4, 0.5) is 0 Å². The maximum Gasteiger partial charge on any atom is 0.119 e. The largest absolute Gasteiger partial charge is 0.494 e. The number of nitrogens with one attached hydrogen (secondary N) is 1. The van der Waals surface area contributed by atoms with Crippen molar-refractivity contribution in [1.82, 2.24) is 5.43 Å². The summed E-state index contributed by atoms with van der Waals surface area (Å²) < 4.78 is 5.55. The highest BCUT2D eigenvalue weighted by Gasteiger charge is 2.24. The van der Waals surface area contributed by atoms with Crippen LogP contribution >= 0.6 is 11.8 Å². The molecule has 1 aromatic carbocycles. The topological polar surface area (TPSA) is 47.3 Å². The van der Waals surface area contributed by atoms with Gasteiger partial charge in [0, 0.05) is 5.25 Å². The van der Waals surface area contributed by atoms with Gasteiger partial charge in [0.05, 0.1) is 12.6 Å². The molecule has 2 atom stereocenters. The lowest BCUT2D eigenvalue weighted by Gasteiger charge is -2.29. The summed E-state index contributed by atoms with van der Waals surface area (Å²) in [5.74, 6) is 7.93. The van der Waals surface area contributed by atoms with Crippen LogP contribution in [-0.4, -0.2) is 17.6 Å². The molecular weight excluding hydrogens is 244 g/mol. The second kappa shape index (κ2) is 7.02. The fourth-order valence-electron chi connectivity index (χ4n) is 2.41. The number of thioether (sulfide) groups is 1. The van der Waals surface area contributed by atoms with Crippen molar-refractivity contribution in [3.05, 3.63) is 29.8 Å². The van der Waals surface area contributed by atoms with Gasteiger partial charge in [0.1, 0.15) is 5.75 Å². The molecule has 0 radical (unpaired) electrons. The third-order valence-corrected chi connectivity index (χ3v) is 4.75. The minimum Gasteiger partial charge on any atom is -0.494 e. The Bertz CT molecular complexity index is 367. The van der Waals surface area contributed by atoms with Gasteiger partial charge in [-0.05, 0) is 43.2 Å². The van der Waals surface area contributed by atoms with Crippen LogP contribution in [0.1, 0.15) is 37.8 Å². The molecule has 18 heavy (non-hydrogen) atoms. The van der Waals surface area contributed by atoms with E-state index in [9.17, 15) is 0 Å². The van der Waals surface area contributed by atoms with E-state index in [0.717, 1.165) is 5.75 Å². The third-order valence-electron chi connectivity index (χ3n) is 3.29. The Morgan fingerprint density at radius 3 is 3.06 bits per heavy atom. The highest BCUT2D eigenvalue weighted by atomic mass is 32.2. The highest BCUT2D eigenvalue weighted by molar-refractivity contribution is 8.00. The normalized spacial score (nSPS) is 21.6. The van der Waals surface area contributed by atoms with Gasteiger partial charge in [-0.2, -0.15) is 11.8 Å². The zero-order valence-corrected chi connectivity index (χ0v) is 11.7. The molecule has 1 saturated heterocycles. The first-order valence-electron chi connectivity index (χ1n) is 6.65. The lowest BCUT2D eigenvalue weighted by atomic mass is 10.00. The maximum absolute atomic E-state index is 5.76. The van der Waals surface area contributed by atoms with Gasteiger partial charge in [0.2, 0.25) is 0 Å². The van der Waals surface area contributed by atoms with Crippen LogP contribution in [0.5, 0.6) is 5.75 Å². The molecule has 1 aromatic rings. The molecule has 0 bridgehead atoms. The molecule has 4 heteroatoms. The summed E-state index contributed by atoms with van der Waals surface area (Å²) >= 11 is 2.03. The van der Waals surface area contributed by atoms with Crippen molar-refractivity contribution in [3.8, 4) is 5.75 Å². The van der Waals surface area contributed by atoms with Crippen LogP contribution in [0.3, 0.4) is 0 Å². The van der Waals surface area contributed by atoms with Crippen LogP contribution in [0.2, 0.25) is 0 Å². The summed E-state index contributed by atoms with van der Waals surface area (Å²) in [7, 11) is 0. The van der Waals surface area contributed by atoms with Crippen LogP contribution in [-0.2, 0) is 0 Å². The number of hydrazine groups is 1. The first-order chi connectivity index (χ1) is 8.85. The predicted octanol–water partition coefficient (Wildman–Crippen LogP) is 2.88. The van der Waals surface area contributed by atoms with Crippen molar-refractivity contribution in [3.63, 3.8) is 0 Å². The Kier molecular flexibility index (Phi) is 5.35. The number of hydrogen-bond donors (Lipinski definition) is 2. The van der Waals surface area contributed by atoms with Gasteiger partial charge in [0.25, 0.3) is 0 Å². The Morgan fingerprint density at radius 1 is 1.50 bits per heavy atom. The first-order valence-corrected chi connectivity index (χ1v) is 7.70. The molecule has 0 saturated carbocycles. The minimum absolute atomic E-state index is 0.218. The van der Waals surface area contributed by atoms with E-state index in [4.69, 9.17) is 10.6 Å². The fraction of sp³-hybridized carbons (Fsp3) is 0.571. The van der Waals surface area contributed by atoms with Gasteiger partial charge in [-0.1, -0.05) is 18.6 Å². The van der Waals surface area contributed by atoms with E-state index in [-0.39, 0.29) is 6.04 Å². The van der Waals surface area contributed by atoms with Crippen molar-refractivity contribution >= 4 is 11.8 Å². The van der Waals surface area contributed by atoms with E-state index in [2.05, 4.69) is 17.6 Å². The van der Waals surface area contributed by atoms with Crippen molar-refractivity contribution in [2.45, 2.75) is 37.5 Å². The van der Waals surface area contributed by atoms with E-state index < -0.39 is 0 Å². The number of hydrogen-bond acceptors (Lipinski definition) is 4. The zero-order chi connectivity index (χ0) is 12.8. The van der Waals surface area contributed by atoms with Gasteiger partial charge in [0.15, 0.2) is 0 Å². The quantitative estimate of drug-likeness (QED) is 0.635. The van der Waals surface area contributed by atoms with E-state index in [1.54, 1.807) is 0 Å². The van der Waals surface area contributed by atoms with Crippen molar-refractivity contribution in [2.24, 2.45) is 5.84 Å². The molecule has 0 aromatic heterocycles. The molecule has 1 fully saturated rings. The number of rotatable bonds is 5. The summed E-state index contributed by atoms with van der Waals surface area (Å²) in [6.45, 7) is 2.70. The standard InChI is InChI=1S/C14H22N2OS/c1-2-17-12-7-5-6-11(10-12)14(16-15)13-8-3-4-9-18-13/h5-7,10,13-14,16H,2-4,8-9,15H2,1H3. The highest BCUT2D eigenvalue weighted by Crippen LogP contribution is 2.35. The molecule has 1 heterocycles. The summed E-state index contributed by atoms with van der Waals surface area (Å²) in [5, 5.41) is 0.570. The summed E-state index contributed by atoms with van der Waals surface area (Å²) in [6, 6.07) is 8.48. The van der Waals surface area contributed by atoms with Gasteiger partial charge < -0.3 is 4.74 Å². The predicted molar refractivity (Wildman–Crippen MR) is 77.8 cm³/mol. The first kappa shape index (κ1) is 13.7. The maximum atomic E-state index is 5.76. The third kappa shape index (κ3) is 3.40. The molecule has 100 valence electrons. The molecule has 2 unspecified atom stereocenters. The molecule has 2 rings (SSSR count). The van der Waals surface area contributed by atoms with E-state index in [0.29, 0.717) is 11.9 Å². The summed E-state index contributed by atoms with van der Waals surface area (Å²) in [6.07, 6.45) is 3.87. The Hall–Kier alpha value is -0.710. The van der Waals surface area contributed by atoms with Crippen LogP contribution in [0.25, 0.3) is 0 Å². The molecule has 1 aliphatic heterocycles. The number of benzene rings is 1. The van der Waals surface area contributed by atoms with Crippen LogP contribution < -0.4 is 16.0 Å². The summed E-state index contributed by atoms with van der Waals surface area (Å²) in [5.41, 5.74) is 4.21. The van der Waals surface area contributed by atoms with Crippen molar-refractivity contribution < 1.29 is 4.74 Å². The van der Waals surface area contributed by atoms with Gasteiger partial charge in [-0.15, -0.1) is 0 Å². The SMILES string of the molecule is CCOc1cccc(C(NN)C2CCCCS2)c1. The van der Waals surface area contributed by atoms with Crippen LogP contribution in [0, 0.1) is 0 Å². The van der Waals surface area contributed by atoms with Crippen molar-refractivity contribution in [1.29, 1.82) is 0 Å². The monoisotopic (exact) mass is 266 g/mol. The Morgan fingerprint density at radius 2 is 2.39 bits per heavy atom. The minimum atomic E-state index is 0.218. The second-order valence-corrected chi connectivity index (χ2v) is 5.90. The summed E-state index contributed by atoms with van der Waals surface area (Å²) in [4.78, 5) is 0. The van der Waals surface area contributed by atoms with E-state index >= 15 is 0 Å². The smallest absolute Gasteiger partial charge is 0.119 e. The lowest BCUT2D eigenvalue weighted by Crippen LogP contribution is -2.36.